The molecule has 2 N–H and O–H groups in total. The van der Waals surface area contributed by atoms with E-state index in [1.807, 2.05) is 0 Å². The Morgan fingerprint density at radius 3 is 2.67 bits per heavy atom. The third-order valence-corrected chi connectivity index (χ3v) is 5.16. The van der Waals surface area contributed by atoms with Crippen molar-refractivity contribution in [1.82, 2.24) is 15.1 Å². The van der Waals surface area contributed by atoms with Crippen LogP contribution >= 0.6 is 11.3 Å². The monoisotopic (exact) mass is 346 g/mol. The van der Waals surface area contributed by atoms with E-state index >= 15 is 0 Å². The van der Waals surface area contributed by atoms with Gasteiger partial charge in [-0.15, -0.1) is 10.2 Å². The molecule has 24 heavy (non-hydrogen) atoms. The van der Waals surface area contributed by atoms with Gasteiger partial charge in [0.05, 0.1) is 0 Å². The Balaban J connectivity index is 1.54. The Morgan fingerprint density at radius 1 is 1.29 bits per heavy atom. The zero-order chi connectivity index (χ0) is 16.9. The first kappa shape index (κ1) is 16.9. The van der Waals surface area contributed by atoms with E-state index in [4.69, 9.17) is 5.11 Å². The van der Waals surface area contributed by atoms with Crippen LogP contribution in [-0.2, 0) is 6.42 Å². The van der Waals surface area contributed by atoms with Crippen LogP contribution in [0.5, 0.6) is 0 Å². The Hall–Kier alpha value is -1.99. The molecule has 1 aliphatic rings. The summed E-state index contributed by atoms with van der Waals surface area (Å²) < 4.78 is 0. The van der Waals surface area contributed by atoms with E-state index in [1.54, 1.807) is 4.90 Å². The maximum Gasteiger partial charge on any atom is 0.323 e. The van der Waals surface area contributed by atoms with Crippen LogP contribution in [0.4, 0.5) is 9.93 Å². The van der Waals surface area contributed by atoms with Crippen LogP contribution in [0.1, 0.15) is 29.0 Å². The Labute approximate surface area is 145 Å². The topological polar surface area (TPSA) is 78.4 Å². The van der Waals surface area contributed by atoms with Gasteiger partial charge in [-0.2, -0.15) is 0 Å². The number of benzene rings is 1. The van der Waals surface area contributed by atoms with E-state index in [0.717, 1.165) is 24.3 Å². The SMILES string of the molecule is Cc1ccc(Cc2nnc(NC(=O)N3CCC(CO)CC3)s2)cc1. The van der Waals surface area contributed by atoms with Crippen molar-refractivity contribution in [1.29, 1.82) is 0 Å². The molecule has 2 aromatic rings. The lowest BCUT2D eigenvalue weighted by Crippen LogP contribution is -2.41. The van der Waals surface area contributed by atoms with Crippen LogP contribution < -0.4 is 5.32 Å². The zero-order valence-corrected chi connectivity index (χ0v) is 14.6. The van der Waals surface area contributed by atoms with Crippen LogP contribution in [0.15, 0.2) is 24.3 Å². The molecule has 2 amide bonds. The van der Waals surface area contributed by atoms with Gasteiger partial charge in [-0.1, -0.05) is 41.2 Å². The number of aromatic nitrogens is 2. The van der Waals surface area contributed by atoms with E-state index in [1.165, 1.54) is 22.5 Å². The molecule has 128 valence electrons. The first-order valence-electron chi connectivity index (χ1n) is 8.19. The number of urea groups is 1. The molecule has 2 heterocycles. The smallest absolute Gasteiger partial charge is 0.323 e. The first-order chi connectivity index (χ1) is 11.6. The number of aliphatic hydroxyl groups is 1. The average Bonchev–Trinajstić information content (AvgIpc) is 3.04. The Kier molecular flexibility index (Phi) is 5.42. The number of piperidine rings is 1. The van der Waals surface area contributed by atoms with Gasteiger partial charge in [-0.3, -0.25) is 5.32 Å². The molecule has 0 unspecified atom stereocenters. The van der Waals surface area contributed by atoms with Gasteiger partial charge in [0, 0.05) is 26.1 Å². The molecule has 0 atom stereocenters. The number of aryl methyl sites for hydroxylation is 1. The van der Waals surface area contributed by atoms with Crippen LogP contribution in [0.3, 0.4) is 0 Å². The summed E-state index contributed by atoms with van der Waals surface area (Å²) in [5.74, 6) is 0.316. The number of hydrogen-bond donors (Lipinski definition) is 2. The summed E-state index contributed by atoms with van der Waals surface area (Å²) >= 11 is 1.41. The summed E-state index contributed by atoms with van der Waals surface area (Å²) in [4.78, 5) is 14.0. The number of rotatable bonds is 4. The van der Waals surface area contributed by atoms with E-state index in [0.29, 0.717) is 24.1 Å². The third kappa shape index (κ3) is 4.30. The molecule has 1 aromatic carbocycles. The fourth-order valence-corrected chi connectivity index (χ4v) is 3.51. The minimum atomic E-state index is -0.135. The Bertz CT molecular complexity index is 678. The second-order valence-corrected chi connectivity index (χ2v) is 7.27. The highest BCUT2D eigenvalue weighted by molar-refractivity contribution is 7.15. The van der Waals surface area contributed by atoms with Crippen LogP contribution in [0.2, 0.25) is 0 Å². The molecule has 0 aliphatic carbocycles. The number of likely N-dealkylation sites (tertiary alicyclic amines) is 1. The number of nitrogens with one attached hydrogen (secondary N) is 1. The number of carbonyl (C=O) groups is 1. The van der Waals surface area contributed by atoms with Crippen molar-refractivity contribution in [2.45, 2.75) is 26.2 Å². The molecule has 1 fully saturated rings. The lowest BCUT2D eigenvalue weighted by molar-refractivity contribution is 0.143. The van der Waals surface area contributed by atoms with Crippen LogP contribution in [0, 0.1) is 12.8 Å². The minimum Gasteiger partial charge on any atom is -0.396 e. The Morgan fingerprint density at radius 2 is 2.00 bits per heavy atom. The third-order valence-electron chi connectivity index (χ3n) is 4.32. The predicted octanol–water partition coefficient (Wildman–Crippen LogP) is 2.67. The number of aliphatic hydroxyl groups excluding tert-OH is 1. The summed E-state index contributed by atoms with van der Waals surface area (Å²) in [6.45, 7) is 3.61. The van der Waals surface area contributed by atoms with Crippen molar-refractivity contribution < 1.29 is 9.90 Å². The van der Waals surface area contributed by atoms with Crippen molar-refractivity contribution in [3.05, 3.63) is 40.4 Å². The molecule has 7 heteroatoms. The maximum absolute atomic E-state index is 12.3. The highest BCUT2D eigenvalue weighted by Gasteiger charge is 2.23. The number of amides is 2. The first-order valence-corrected chi connectivity index (χ1v) is 9.00. The van der Waals surface area contributed by atoms with Crippen molar-refractivity contribution in [3.8, 4) is 0 Å². The van der Waals surface area contributed by atoms with E-state index in [-0.39, 0.29) is 12.6 Å². The minimum absolute atomic E-state index is 0.135. The fraction of sp³-hybridized carbons (Fsp3) is 0.471. The molecule has 0 radical (unpaired) electrons. The average molecular weight is 346 g/mol. The van der Waals surface area contributed by atoms with Gasteiger partial charge >= 0.3 is 6.03 Å². The summed E-state index contributed by atoms with van der Waals surface area (Å²) in [6.07, 6.45) is 2.41. The molecule has 1 aromatic heterocycles. The zero-order valence-electron chi connectivity index (χ0n) is 13.7. The van der Waals surface area contributed by atoms with E-state index < -0.39 is 0 Å². The van der Waals surface area contributed by atoms with Crippen molar-refractivity contribution in [2.75, 3.05) is 25.0 Å². The molecular formula is C17H22N4O2S. The number of nitrogens with zero attached hydrogens (tertiary/aromatic N) is 3. The largest absolute Gasteiger partial charge is 0.396 e. The molecular weight excluding hydrogens is 324 g/mol. The second-order valence-electron chi connectivity index (χ2n) is 6.21. The number of carbonyl (C=O) groups excluding carboxylic acids is 1. The van der Waals surface area contributed by atoms with Gasteiger partial charge in [-0.25, -0.2) is 4.79 Å². The van der Waals surface area contributed by atoms with Crippen molar-refractivity contribution in [2.24, 2.45) is 5.92 Å². The van der Waals surface area contributed by atoms with Gasteiger partial charge in [0.15, 0.2) is 0 Å². The normalized spacial score (nSPS) is 15.5. The molecule has 0 spiro atoms. The summed E-state index contributed by atoms with van der Waals surface area (Å²) in [5.41, 5.74) is 2.41. The molecule has 1 aliphatic heterocycles. The number of anilines is 1. The standard InChI is InChI=1S/C17H22N4O2S/c1-12-2-4-13(5-3-12)10-15-19-20-16(24-15)18-17(23)21-8-6-14(11-22)7-9-21/h2-5,14,22H,6-11H2,1H3,(H,18,20,23). The van der Waals surface area contributed by atoms with Gasteiger partial charge < -0.3 is 10.0 Å². The maximum atomic E-state index is 12.3. The van der Waals surface area contributed by atoms with Gasteiger partial charge in [0.1, 0.15) is 5.01 Å². The van der Waals surface area contributed by atoms with E-state index in [9.17, 15) is 4.79 Å². The van der Waals surface area contributed by atoms with Crippen LogP contribution in [-0.4, -0.2) is 45.9 Å². The van der Waals surface area contributed by atoms with Gasteiger partial charge in [-0.05, 0) is 31.2 Å². The summed E-state index contributed by atoms with van der Waals surface area (Å²) in [7, 11) is 0. The van der Waals surface area contributed by atoms with E-state index in [2.05, 4.69) is 46.7 Å². The fourth-order valence-electron chi connectivity index (χ4n) is 2.75. The molecule has 1 saturated heterocycles. The van der Waals surface area contributed by atoms with Gasteiger partial charge in [0.25, 0.3) is 0 Å². The predicted molar refractivity (Wildman–Crippen MR) is 94.3 cm³/mol. The van der Waals surface area contributed by atoms with Crippen molar-refractivity contribution >= 4 is 22.5 Å². The molecule has 0 bridgehead atoms. The summed E-state index contributed by atoms with van der Waals surface area (Å²) in [5, 5.41) is 21.6. The van der Waals surface area contributed by atoms with Crippen LogP contribution in [0.25, 0.3) is 0 Å². The second kappa shape index (κ2) is 7.72. The molecule has 3 rings (SSSR count). The highest BCUT2D eigenvalue weighted by Crippen LogP contribution is 2.21. The number of hydrogen-bond acceptors (Lipinski definition) is 5. The summed E-state index contributed by atoms with van der Waals surface area (Å²) in [6, 6.07) is 8.19. The lowest BCUT2D eigenvalue weighted by atomic mass is 9.98. The highest BCUT2D eigenvalue weighted by atomic mass is 32.1. The van der Waals surface area contributed by atoms with Crippen molar-refractivity contribution in [3.63, 3.8) is 0 Å². The molecule has 6 nitrogen and oxygen atoms in total. The lowest BCUT2D eigenvalue weighted by Gasteiger charge is -2.30. The quantitative estimate of drug-likeness (QED) is 0.892. The molecule has 0 saturated carbocycles. The van der Waals surface area contributed by atoms with Gasteiger partial charge in [0.2, 0.25) is 5.13 Å².